The maximum absolute atomic E-state index is 13.0. The number of amides is 1. The van der Waals surface area contributed by atoms with Crippen LogP contribution in [-0.4, -0.2) is 38.7 Å². The Morgan fingerprint density at radius 3 is 2.81 bits per heavy atom. The fourth-order valence-electron chi connectivity index (χ4n) is 3.30. The topological polar surface area (TPSA) is 102 Å². The van der Waals surface area contributed by atoms with Crippen LogP contribution < -0.4 is 5.32 Å². The third kappa shape index (κ3) is 4.30. The van der Waals surface area contributed by atoms with Crippen molar-refractivity contribution in [1.29, 1.82) is 0 Å². The number of benzene rings is 1. The molecule has 32 heavy (non-hydrogen) atoms. The number of methoxy groups -OCH3 is 1. The van der Waals surface area contributed by atoms with E-state index in [0.29, 0.717) is 27.1 Å². The quantitative estimate of drug-likeness (QED) is 0.381. The number of anilines is 1. The van der Waals surface area contributed by atoms with Gasteiger partial charge in [-0.25, -0.2) is 14.5 Å². The number of halogens is 1. The van der Waals surface area contributed by atoms with Crippen LogP contribution in [0.2, 0.25) is 5.02 Å². The number of ether oxygens (including phenoxy) is 1. The number of aromatic amines is 1. The van der Waals surface area contributed by atoms with E-state index in [2.05, 4.69) is 20.4 Å². The zero-order valence-corrected chi connectivity index (χ0v) is 19.1. The van der Waals surface area contributed by atoms with Crippen LogP contribution in [0, 0.1) is 0 Å². The van der Waals surface area contributed by atoms with Crippen molar-refractivity contribution in [2.24, 2.45) is 0 Å². The summed E-state index contributed by atoms with van der Waals surface area (Å²) in [6.07, 6.45) is 3.22. The molecule has 2 N–H and O–H groups in total. The van der Waals surface area contributed by atoms with E-state index in [1.165, 1.54) is 18.4 Å². The Balaban J connectivity index is 1.57. The van der Waals surface area contributed by atoms with Gasteiger partial charge >= 0.3 is 5.97 Å². The van der Waals surface area contributed by atoms with Crippen molar-refractivity contribution in [3.63, 3.8) is 0 Å². The maximum atomic E-state index is 13.0. The lowest BCUT2D eigenvalue weighted by molar-refractivity contribution is 0.0594. The van der Waals surface area contributed by atoms with E-state index in [0.717, 1.165) is 16.9 Å². The summed E-state index contributed by atoms with van der Waals surface area (Å²) in [5, 5.41) is 10.1. The van der Waals surface area contributed by atoms with Gasteiger partial charge in [0, 0.05) is 22.2 Å². The number of thiazole rings is 1. The average molecular weight is 470 g/mol. The van der Waals surface area contributed by atoms with Crippen molar-refractivity contribution in [1.82, 2.24) is 19.7 Å². The third-order valence-electron chi connectivity index (χ3n) is 4.76. The van der Waals surface area contributed by atoms with E-state index in [-0.39, 0.29) is 11.8 Å². The lowest BCUT2D eigenvalue weighted by atomic mass is 10.1. The molecule has 0 bridgehead atoms. The molecular formula is C22H20ClN5O3S. The number of carbonyl (C=O) groups excluding carboxylic acids is 2. The Morgan fingerprint density at radius 1 is 1.28 bits per heavy atom. The Hall–Kier alpha value is -3.43. The molecule has 0 aliphatic heterocycles. The molecule has 0 unspecified atom stereocenters. The molecule has 0 spiro atoms. The molecule has 3 aromatic heterocycles. The third-order valence-corrected chi connectivity index (χ3v) is 5.75. The maximum Gasteiger partial charge on any atom is 0.354 e. The summed E-state index contributed by atoms with van der Waals surface area (Å²) in [7, 11) is 1.32. The van der Waals surface area contributed by atoms with E-state index < -0.39 is 5.97 Å². The smallest absolute Gasteiger partial charge is 0.354 e. The van der Waals surface area contributed by atoms with Gasteiger partial charge in [-0.3, -0.25) is 10.1 Å². The van der Waals surface area contributed by atoms with Gasteiger partial charge in [-0.1, -0.05) is 31.5 Å². The molecule has 8 nitrogen and oxygen atoms in total. The van der Waals surface area contributed by atoms with Crippen molar-refractivity contribution in [2.75, 3.05) is 12.4 Å². The summed E-state index contributed by atoms with van der Waals surface area (Å²) < 4.78 is 6.43. The lowest BCUT2D eigenvalue weighted by Crippen LogP contribution is -2.15. The molecular weight excluding hydrogens is 450 g/mol. The molecule has 1 amide bonds. The van der Waals surface area contributed by atoms with Crippen molar-refractivity contribution in [2.45, 2.75) is 19.8 Å². The van der Waals surface area contributed by atoms with Gasteiger partial charge < -0.3 is 9.72 Å². The Kier molecular flexibility index (Phi) is 6.11. The van der Waals surface area contributed by atoms with Crippen LogP contribution in [0.1, 0.15) is 46.3 Å². The Labute approximate surface area is 193 Å². The van der Waals surface area contributed by atoms with E-state index in [4.69, 9.17) is 16.3 Å². The lowest BCUT2D eigenvalue weighted by Gasteiger charge is -2.12. The highest BCUT2D eigenvalue weighted by molar-refractivity contribution is 7.14. The molecule has 10 heteroatoms. The van der Waals surface area contributed by atoms with Gasteiger partial charge in [0.1, 0.15) is 5.69 Å². The van der Waals surface area contributed by atoms with Crippen molar-refractivity contribution >= 4 is 39.9 Å². The zero-order chi connectivity index (χ0) is 22.8. The summed E-state index contributed by atoms with van der Waals surface area (Å²) in [6.45, 7) is 4.00. The molecule has 0 atom stereocenters. The van der Waals surface area contributed by atoms with Gasteiger partial charge in [0.2, 0.25) is 0 Å². The minimum absolute atomic E-state index is 0.0423. The highest BCUT2D eigenvalue weighted by Crippen LogP contribution is 2.28. The normalized spacial score (nSPS) is 11.0. The number of hydrogen-bond donors (Lipinski definition) is 2. The summed E-state index contributed by atoms with van der Waals surface area (Å²) in [6, 6.07) is 8.97. The van der Waals surface area contributed by atoms with Crippen LogP contribution >= 0.6 is 22.9 Å². The second-order valence-electron chi connectivity index (χ2n) is 7.28. The fraction of sp³-hybridized carbons (Fsp3) is 0.182. The van der Waals surface area contributed by atoms with Crippen LogP contribution in [0.4, 0.5) is 5.13 Å². The minimum Gasteiger partial charge on any atom is -0.464 e. The first-order valence-electron chi connectivity index (χ1n) is 9.75. The van der Waals surface area contributed by atoms with Crippen LogP contribution in [0.3, 0.4) is 0 Å². The van der Waals surface area contributed by atoms with Crippen LogP contribution in [0.15, 0.2) is 48.1 Å². The molecule has 4 aromatic rings. The summed E-state index contributed by atoms with van der Waals surface area (Å²) in [4.78, 5) is 32.0. The molecule has 0 aliphatic carbocycles. The minimum atomic E-state index is -0.460. The number of hydrogen-bond acceptors (Lipinski definition) is 6. The Morgan fingerprint density at radius 2 is 2.09 bits per heavy atom. The number of H-pyrrole nitrogens is 1. The molecule has 0 aliphatic rings. The van der Waals surface area contributed by atoms with E-state index in [1.807, 2.05) is 26.0 Å². The molecule has 0 radical (unpaired) electrons. The van der Waals surface area contributed by atoms with Crippen molar-refractivity contribution < 1.29 is 14.3 Å². The number of nitrogens with zero attached hydrogens (tertiary/aromatic N) is 3. The van der Waals surface area contributed by atoms with Gasteiger partial charge in [-0.15, -0.1) is 11.3 Å². The second-order valence-corrected chi connectivity index (χ2v) is 8.57. The largest absolute Gasteiger partial charge is 0.464 e. The molecule has 0 fully saturated rings. The molecule has 1 aromatic carbocycles. The zero-order valence-electron chi connectivity index (χ0n) is 17.5. The van der Waals surface area contributed by atoms with Crippen LogP contribution in [0.5, 0.6) is 0 Å². The van der Waals surface area contributed by atoms with Crippen LogP contribution in [0.25, 0.3) is 16.9 Å². The number of nitrogens with one attached hydrogen (secondary N) is 2. The standard InChI is InChI=1S/C22H20ClN5O3S/c1-12(2)19-16(10-25-28(19)15-6-4-5-14(23)8-15)20(29)27-22-26-18(11-32-22)13-7-17(24-9-13)21(30)31-3/h4-12,24H,1-3H3,(H,26,27,29). The predicted molar refractivity (Wildman–Crippen MR) is 124 cm³/mol. The van der Waals surface area contributed by atoms with Crippen molar-refractivity contribution in [3.8, 4) is 16.9 Å². The first-order chi connectivity index (χ1) is 15.4. The highest BCUT2D eigenvalue weighted by Gasteiger charge is 2.22. The van der Waals surface area contributed by atoms with Gasteiger partial charge in [0.15, 0.2) is 5.13 Å². The van der Waals surface area contributed by atoms with E-state index in [9.17, 15) is 9.59 Å². The second kappa shape index (κ2) is 8.97. The average Bonchev–Trinajstić information content (AvgIpc) is 3.51. The number of carbonyl (C=O) groups is 2. The summed E-state index contributed by atoms with van der Waals surface area (Å²) >= 11 is 7.42. The SMILES string of the molecule is COC(=O)c1cc(-c2csc(NC(=O)c3cnn(-c4cccc(Cl)c4)c3C(C)C)n2)c[nH]1. The van der Waals surface area contributed by atoms with Crippen molar-refractivity contribution in [3.05, 3.63) is 70.1 Å². The highest BCUT2D eigenvalue weighted by atomic mass is 35.5. The number of esters is 1. The predicted octanol–water partition coefficient (Wildman–Crippen LogP) is 5.14. The molecule has 0 saturated carbocycles. The van der Waals surface area contributed by atoms with E-state index >= 15 is 0 Å². The first-order valence-corrected chi connectivity index (χ1v) is 11.0. The molecule has 0 saturated heterocycles. The summed E-state index contributed by atoms with van der Waals surface area (Å²) in [5.74, 6) is -0.717. The van der Waals surface area contributed by atoms with Gasteiger partial charge in [0.05, 0.1) is 35.9 Å². The first kappa shape index (κ1) is 21.8. The monoisotopic (exact) mass is 469 g/mol. The molecule has 164 valence electrons. The number of aromatic nitrogens is 4. The van der Waals surface area contributed by atoms with Gasteiger partial charge in [-0.05, 0) is 30.2 Å². The molecule has 3 heterocycles. The summed E-state index contributed by atoms with van der Waals surface area (Å²) in [5.41, 5.74) is 3.71. The molecule has 4 rings (SSSR count). The Bertz CT molecular complexity index is 1290. The van der Waals surface area contributed by atoms with Gasteiger partial charge in [0.25, 0.3) is 5.91 Å². The fourth-order valence-corrected chi connectivity index (χ4v) is 4.20. The number of rotatable bonds is 6. The van der Waals surface area contributed by atoms with Crippen LogP contribution in [-0.2, 0) is 4.74 Å². The van der Waals surface area contributed by atoms with E-state index in [1.54, 1.807) is 40.7 Å². The van der Waals surface area contributed by atoms with Gasteiger partial charge in [-0.2, -0.15) is 5.10 Å².